The second-order valence-corrected chi connectivity index (χ2v) is 6.95. The summed E-state index contributed by atoms with van der Waals surface area (Å²) < 4.78 is 5.59. The van der Waals surface area contributed by atoms with E-state index >= 15 is 0 Å². The third-order valence-electron chi connectivity index (χ3n) is 4.62. The first-order chi connectivity index (χ1) is 14.2. The van der Waals surface area contributed by atoms with Crippen molar-refractivity contribution in [2.45, 2.75) is 0 Å². The summed E-state index contributed by atoms with van der Waals surface area (Å²) >= 11 is 6.25. The molecule has 1 fully saturated rings. The molecule has 1 aliphatic rings. The summed E-state index contributed by atoms with van der Waals surface area (Å²) in [7, 11) is 1.66. The second kappa shape index (κ2) is 8.98. The number of hydrogen-bond acceptors (Lipinski definition) is 7. The third kappa shape index (κ3) is 4.70. The number of halogens is 1. The van der Waals surface area contributed by atoms with Crippen molar-refractivity contribution in [1.82, 2.24) is 15.3 Å². The molecule has 0 spiro atoms. The lowest BCUT2D eigenvalue weighted by molar-refractivity contribution is 0.416. The molecular formula is C21H22ClN6O. The van der Waals surface area contributed by atoms with Gasteiger partial charge in [0.25, 0.3) is 0 Å². The van der Waals surface area contributed by atoms with Crippen LogP contribution in [-0.4, -0.2) is 43.3 Å². The van der Waals surface area contributed by atoms with Gasteiger partial charge in [-0.2, -0.15) is 4.98 Å². The van der Waals surface area contributed by atoms with Gasteiger partial charge in [-0.3, -0.25) is 0 Å². The van der Waals surface area contributed by atoms with Crippen LogP contribution in [0.25, 0.3) is 0 Å². The van der Waals surface area contributed by atoms with E-state index in [9.17, 15) is 0 Å². The van der Waals surface area contributed by atoms with Gasteiger partial charge >= 0.3 is 0 Å². The van der Waals surface area contributed by atoms with Gasteiger partial charge in [0, 0.05) is 49.7 Å². The molecule has 1 aromatic heterocycles. The maximum Gasteiger partial charge on any atom is 0.229 e. The van der Waals surface area contributed by atoms with Crippen molar-refractivity contribution in [1.29, 1.82) is 0 Å². The highest BCUT2D eigenvalue weighted by atomic mass is 35.5. The topological polar surface area (TPSA) is 74.3 Å². The van der Waals surface area contributed by atoms with E-state index in [2.05, 4.69) is 43.0 Å². The summed E-state index contributed by atoms with van der Waals surface area (Å²) in [5, 5.41) is 10.2. The number of piperazine rings is 1. The minimum atomic E-state index is 0.418. The van der Waals surface area contributed by atoms with E-state index in [-0.39, 0.29) is 0 Å². The Morgan fingerprint density at radius 2 is 2.03 bits per heavy atom. The molecule has 149 valence electrons. The third-order valence-corrected chi connectivity index (χ3v) is 4.90. The van der Waals surface area contributed by atoms with Gasteiger partial charge < -0.3 is 25.6 Å². The summed E-state index contributed by atoms with van der Waals surface area (Å²) in [5.41, 5.74) is 2.69. The molecule has 8 heteroatoms. The molecule has 29 heavy (non-hydrogen) atoms. The molecule has 7 nitrogen and oxygen atoms in total. The molecule has 0 aliphatic carbocycles. The van der Waals surface area contributed by atoms with E-state index in [1.807, 2.05) is 36.4 Å². The van der Waals surface area contributed by atoms with Crippen molar-refractivity contribution in [3.05, 3.63) is 59.8 Å². The molecule has 0 amide bonds. The molecule has 2 heterocycles. The van der Waals surface area contributed by atoms with Crippen LogP contribution in [-0.2, 0) is 0 Å². The maximum absolute atomic E-state index is 6.25. The fraction of sp³-hybridized carbons (Fsp3) is 0.238. The number of anilines is 5. The SMILES string of the molecule is COc1cc(N2CCNCC2)ccc1Nc1ncc(Cl)c(Nc2[c]cccc2)n1. The zero-order chi connectivity index (χ0) is 20.1. The van der Waals surface area contributed by atoms with Gasteiger partial charge in [0.15, 0.2) is 5.82 Å². The Balaban J connectivity index is 1.54. The van der Waals surface area contributed by atoms with Gasteiger partial charge in [-0.15, -0.1) is 0 Å². The molecule has 0 unspecified atom stereocenters. The largest absolute Gasteiger partial charge is 0.494 e. The van der Waals surface area contributed by atoms with Crippen molar-refractivity contribution in [3.8, 4) is 5.75 Å². The molecule has 1 radical (unpaired) electrons. The zero-order valence-electron chi connectivity index (χ0n) is 16.1. The average Bonchev–Trinajstić information content (AvgIpc) is 2.77. The second-order valence-electron chi connectivity index (χ2n) is 6.54. The van der Waals surface area contributed by atoms with E-state index in [4.69, 9.17) is 16.3 Å². The van der Waals surface area contributed by atoms with E-state index < -0.39 is 0 Å². The summed E-state index contributed by atoms with van der Waals surface area (Å²) in [6.45, 7) is 3.91. The first-order valence-electron chi connectivity index (χ1n) is 9.40. The summed E-state index contributed by atoms with van der Waals surface area (Å²) in [5.74, 6) is 1.65. The Labute approximate surface area is 175 Å². The molecule has 0 atom stereocenters. The number of aromatic nitrogens is 2. The Morgan fingerprint density at radius 1 is 1.17 bits per heavy atom. The van der Waals surface area contributed by atoms with E-state index in [0.29, 0.717) is 16.8 Å². The van der Waals surface area contributed by atoms with Gasteiger partial charge in [-0.25, -0.2) is 4.98 Å². The van der Waals surface area contributed by atoms with Crippen LogP contribution in [0.15, 0.2) is 48.7 Å². The van der Waals surface area contributed by atoms with Crippen LogP contribution in [0.1, 0.15) is 0 Å². The van der Waals surface area contributed by atoms with E-state index in [1.54, 1.807) is 13.3 Å². The molecule has 3 aromatic rings. The number of hydrogen-bond donors (Lipinski definition) is 3. The van der Waals surface area contributed by atoms with Crippen molar-refractivity contribution in [3.63, 3.8) is 0 Å². The molecule has 2 aromatic carbocycles. The lowest BCUT2D eigenvalue weighted by atomic mass is 10.2. The normalized spacial score (nSPS) is 13.8. The predicted octanol–water partition coefficient (Wildman–Crippen LogP) is 3.84. The van der Waals surface area contributed by atoms with Gasteiger partial charge in [-0.1, -0.05) is 29.8 Å². The van der Waals surface area contributed by atoms with Crippen LogP contribution in [0.5, 0.6) is 5.75 Å². The van der Waals surface area contributed by atoms with Crippen LogP contribution < -0.4 is 25.6 Å². The number of para-hydroxylation sites is 1. The molecule has 0 bridgehead atoms. The minimum absolute atomic E-state index is 0.418. The molecule has 1 saturated heterocycles. The molecule has 1 aliphatic heterocycles. The fourth-order valence-corrected chi connectivity index (χ4v) is 3.28. The van der Waals surface area contributed by atoms with Crippen LogP contribution in [0, 0.1) is 6.07 Å². The number of nitrogens with zero attached hydrogens (tertiary/aromatic N) is 3. The summed E-state index contributed by atoms with van der Waals surface area (Å²) in [6, 6.07) is 16.7. The quantitative estimate of drug-likeness (QED) is 0.571. The predicted molar refractivity (Wildman–Crippen MR) is 117 cm³/mol. The molecule has 4 rings (SSSR count). The van der Waals surface area contributed by atoms with Crippen LogP contribution >= 0.6 is 11.6 Å². The monoisotopic (exact) mass is 409 g/mol. The zero-order valence-corrected chi connectivity index (χ0v) is 16.8. The standard InChI is InChI=1S/C21H22ClN6O/c1-29-19-13-16(28-11-9-23-10-12-28)7-8-18(19)26-21-24-14-17(22)20(27-21)25-15-5-3-2-4-6-15/h2-5,7-8,13-14,23H,9-12H2,1H3,(H2,24,25,26,27). The fourth-order valence-electron chi connectivity index (χ4n) is 3.14. The van der Waals surface area contributed by atoms with Crippen LogP contribution in [0.4, 0.5) is 28.8 Å². The Bertz CT molecular complexity index is 963. The number of methoxy groups -OCH3 is 1. The number of rotatable bonds is 6. The Kier molecular flexibility index (Phi) is 5.97. The van der Waals surface area contributed by atoms with Gasteiger partial charge in [0.05, 0.1) is 19.0 Å². The lowest BCUT2D eigenvalue weighted by Gasteiger charge is -2.30. The highest BCUT2D eigenvalue weighted by Crippen LogP contribution is 2.32. The molecule has 0 saturated carbocycles. The van der Waals surface area contributed by atoms with Crippen LogP contribution in [0.2, 0.25) is 5.02 Å². The lowest BCUT2D eigenvalue weighted by Crippen LogP contribution is -2.43. The van der Waals surface area contributed by atoms with E-state index in [1.165, 1.54) is 0 Å². The number of benzene rings is 2. The van der Waals surface area contributed by atoms with Crippen molar-refractivity contribution >= 4 is 40.4 Å². The average molecular weight is 410 g/mol. The highest BCUT2D eigenvalue weighted by molar-refractivity contribution is 6.32. The first kappa shape index (κ1) is 19.3. The van der Waals surface area contributed by atoms with Gasteiger partial charge in [-0.05, 0) is 18.2 Å². The van der Waals surface area contributed by atoms with Crippen molar-refractivity contribution in [2.75, 3.05) is 48.8 Å². The van der Waals surface area contributed by atoms with E-state index in [0.717, 1.165) is 49.0 Å². The smallest absolute Gasteiger partial charge is 0.229 e. The van der Waals surface area contributed by atoms with Gasteiger partial charge in [0.1, 0.15) is 10.8 Å². The number of nitrogens with one attached hydrogen (secondary N) is 3. The molecule has 3 N–H and O–H groups in total. The summed E-state index contributed by atoms with van der Waals surface area (Å²) in [6.07, 6.45) is 1.56. The van der Waals surface area contributed by atoms with Crippen molar-refractivity contribution in [2.24, 2.45) is 0 Å². The van der Waals surface area contributed by atoms with Gasteiger partial charge in [0.2, 0.25) is 5.95 Å². The van der Waals surface area contributed by atoms with Crippen molar-refractivity contribution < 1.29 is 4.74 Å². The highest BCUT2D eigenvalue weighted by Gasteiger charge is 2.14. The Morgan fingerprint density at radius 3 is 2.79 bits per heavy atom. The van der Waals surface area contributed by atoms with Crippen LogP contribution in [0.3, 0.4) is 0 Å². The maximum atomic E-state index is 6.25. The number of ether oxygens (including phenoxy) is 1. The Hall–Kier alpha value is -3.03. The molecular weight excluding hydrogens is 388 g/mol. The summed E-state index contributed by atoms with van der Waals surface area (Å²) in [4.78, 5) is 11.1. The minimum Gasteiger partial charge on any atom is -0.494 e. The first-order valence-corrected chi connectivity index (χ1v) is 9.78.